The van der Waals surface area contributed by atoms with Crippen LogP contribution in [0, 0.1) is 0 Å². The zero-order valence-corrected chi connectivity index (χ0v) is 10.6. The normalized spacial score (nSPS) is 13.2. The number of benzene rings is 2. The van der Waals surface area contributed by atoms with Crippen molar-refractivity contribution < 1.29 is 0 Å². The molecule has 0 amide bonds. The topological polar surface area (TPSA) is 0 Å². The van der Waals surface area contributed by atoms with Gasteiger partial charge in [-0.05, 0) is 41.2 Å². The molecular formula is C18H16. The van der Waals surface area contributed by atoms with Crippen molar-refractivity contribution in [3.63, 3.8) is 0 Å². The molecule has 0 nitrogen and oxygen atoms in total. The summed E-state index contributed by atoms with van der Waals surface area (Å²) in [7, 11) is 0. The third-order valence-electron chi connectivity index (χ3n) is 3.41. The summed E-state index contributed by atoms with van der Waals surface area (Å²) >= 11 is 0. The highest BCUT2D eigenvalue weighted by atomic mass is 14.2. The van der Waals surface area contributed by atoms with Gasteiger partial charge in [0, 0.05) is 0 Å². The molecule has 0 unspecified atom stereocenters. The molecule has 0 heteroatoms. The molecule has 1 aliphatic rings. The Morgan fingerprint density at radius 2 is 1.72 bits per heavy atom. The molecule has 0 bridgehead atoms. The van der Waals surface area contributed by atoms with E-state index in [4.69, 9.17) is 0 Å². The Morgan fingerprint density at radius 1 is 0.889 bits per heavy atom. The molecule has 0 spiro atoms. The van der Waals surface area contributed by atoms with Gasteiger partial charge in [-0.1, -0.05) is 66.8 Å². The Balaban J connectivity index is 1.98. The molecule has 0 saturated carbocycles. The van der Waals surface area contributed by atoms with Crippen LogP contribution in [0.5, 0.6) is 0 Å². The van der Waals surface area contributed by atoms with Crippen molar-refractivity contribution >= 4 is 6.08 Å². The second-order valence-corrected chi connectivity index (χ2v) is 4.64. The highest BCUT2D eigenvalue weighted by molar-refractivity contribution is 5.78. The van der Waals surface area contributed by atoms with Crippen LogP contribution in [0.3, 0.4) is 0 Å². The number of hydrogen-bond acceptors (Lipinski definition) is 0. The summed E-state index contributed by atoms with van der Waals surface area (Å²) in [5.41, 5.74) is 6.96. The van der Waals surface area contributed by atoms with Crippen LogP contribution in [-0.2, 0) is 6.42 Å². The van der Waals surface area contributed by atoms with E-state index < -0.39 is 0 Å². The van der Waals surface area contributed by atoms with E-state index in [0.717, 1.165) is 6.42 Å². The number of allylic oxidation sites excluding steroid dienone is 3. The van der Waals surface area contributed by atoms with E-state index in [9.17, 15) is 0 Å². The molecule has 0 aliphatic heterocycles. The summed E-state index contributed by atoms with van der Waals surface area (Å²) in [5, 5.41) is 0. The van der Waals surface area contributed by atoms with Crippen LogP contribution in [0.4, 0.5) is 0 Å². The minimum Gasteiger partial charge on any atom is -0.0877 e. The second kappa shape index (κ2) is 4.66. The van der Waals surface area contributed by atoms with E-state index in [0.29, 0.717) is 0 Å². The molecule has 0 heterocycles. The molecule has 0 atom stereocenters. The lowest BCUT2D eigenvalue weighted by Gasteiger charge is -2.01. The smallest absolute Gasteiger partial charge is 0.00132 e. The van der Waals surface area contributed by atoms with Gasteiger partial charge >= 0.3 is 0 Å². The lowest BCUT2D eigenvalue weighted by atomic mass is 10.0. The molecule has 2 aromatic rings. The fourth-order valence-electron chi connectivity index (χ4n) is 2.55. The molecule has 18 heavy (non-hydrogen) atoms. The average molecular weight is 232 g/mol. The highest BCUT2D eigenvalue weighted by Crippen LogP contribution is 2.36. The maximum atomic E-state index is 2.30. The standard InChI is InChI=1S/C18H16/c1-2-3-4-7-14-10-11-18-16(12-14)13-15-8-5-6-9-17(15)18/h2-12H,13H2,1H3. The van der Waals surface area contributed by atoms with Crippen LogP contribution in [0.25, 0.3) is 17.2 Å². The van der Waals surface area contributed by atoms with Gasteiger partial charge in [0.25, 0.3) is 0 Å². The summed E-state index contributed by atoms with van der Waals surface area (Å²) in [6, 6.07) is 15.4. The van der Waals surface area contributed by atoms with Gasteiger partial charge in [-0.3, -0.25) is 0 Å². The fourth-order valence-corrected chi connectivity index (χ4v) is 2.55. The first-order chi connectivity index (χ1) is 8.88. The average Bonchev–Trinajstić information content (AvgIpc) is 2.76. The van der Waals surface area contributed by atoms with Gasteiger partial charge in [-0.2, -0.15) is 0 Å². The van der Waals surface area contributed by atoms with Crippen molar-refractivity contribution in [2.24, 2.45) is 0 Å². The molecule has 0 aromatic heterocycles. The minimum absolute atomic E-state index is 1.07. The van der Waals surface area contributed by atoms with E-state index in [2.05, 4.69) is 60.7 Å². The van der Waals surface area contributed by atoms with E-state index in [1.54, 1.807) is 0 Å². The molecule has 2 aromatic carbocycles. The van der Waals surface area contributed by atoms with Gasteiger partial charge in [0.15, 0.2) is 0 Å². The predicted molar refractivity (Wildman–Crippen MR) is 78.5 cm³/mol. The summed E-state index contributed by atoms with van der Waals surface area (Å²) in [4.78, 5) is 0. The second-order valence-electron chi connectivity index (χ2n) is 4.64. The Morgan fingerprint density at radius 3 is 2.61 bits per heavy atom. The summed E-state index contributed by atoms with van der Waals surface area (Å²) in [5.74, 6) is 0. The first kappa shape index (κ1) is 11.0. The lowest BCUT2D eigenvalue weighted by molar-refractivity contribution is 1.26. The van der Waals surface area contributed by atoms with Crippen LogP contribution in [0.2, 0.25) is 0 Å². The minimum atomic E-state index is 1.07. The van der Waals surface area contributed by atoms with Gasteiger partial charge in [-0.15, -0.1) is 0 Å². The fraction of sp³-hybridized carbons (Fsp3) is 0.111. The summed E-state index contributed by atoms with van der Waals surface area (Å²) < 4.78 is 0. The third-order valence-corrected chi connectivity index (χ3v) is 3.41. The number of fused-ring (bicyclic) bond motifs is 3. The van der Waals surface area contributed by atoms with Crippen LogP contribution >= 0.6 is 0 Å². The van der Waals surface area contributed by atoms with Crippen molar-refractivity contribution in [1.29, 1.82) is 0 Å². The van der Waals surface area contributed by atoms with E-state index >= 15 is 0 Å². The molecule has 0 radical (unpaired) electrons. The van der Waals surface area contributed by atoms with E-state index in [-0.39, 0.29) is 0 Å². The van der Waals surface area contributed by atoms with E-state index in [1.807, 2.05) is 13.0 Å². The Bertz CT molecular complexity index is 630. The van der Waals surface area contributed by atoms with Crippen molar-refractivity contribution in [3.8, 4) is 11.1 Å². The van der Waals surface area contributed by atoms with Crippen molar-refractivity contribution in [3.05, 3.63) is 77.4 Å². The molecule has 88 valence electrons. The van der Waals surface area contributed by atoms with Crippen LogP contribution < -0.4 is 0 Å². The van der Waals surface area contributed by atoms with Crippen LogP contribution in [0.15, 0.2) is 60.7 Å². The number of hydrogen-bond donors (Lipinski definition) is 0. The maximum absolute atomic E-state index is 2.30. The maximum Gasteiger partial charge on any atom is -0.00132 e. The highest BCUT2D eigenvalue weighted by Gasteiger charge is 2.17. The summed E-state index contributed by atoms with van der Waals surface area (Å²) in [6.45, 7) is 2.03. The Hall–Kier alpha value is -2.08. The van der Waals surface area contributed by atoms with Gasteiger partial charge < -0.3 is 0 Å². The summed E-state index contributed by atoms with van der Waals surface area (Å²) in [6.07, 6.45) is 9.41. The van der Waals surface area contributed by atoms with Gasteiger partial charge in [0.05, 0.1) is 0 Å². The van der Waals surface area contributed by atoms with Crippen molar-refractivity contribution in [2.75, 3.05) is 0 Å². The third kappa shape index (κ3) is 1.91. The predicted octanol–water partition coefficient (Wildman–Crippen LogP) is 4.85. The zero-order chi connectivity index (χ0) is 12.4. The Labute approximate surface area is 108 Å². The molecule has 1 aliphatic carbocycles. The molecule has 0 saturated heterocycles. The number of rotatable bonds is 2. The van der Waals surface area contributed by atoms with Crippen molar-refractivity contribution in [1.82, 2.24) is 0 Å². The first-order valence-corrected chi connectivity index (χ1v) is 6.39. The quantitative estimate of drug-likeness (QED) is 0.554. The van der Waals surface area contributed by atoms with Gasteiger partial charge in [0.2, 0.25) is 0 Å². The molecule has 0 N–H and O–H groups in total. The molecule has 0 fully saturated rings. The van der Waals surface area contributed by atoms with E-state index in [1.165, 1.54) is 27.8 Å². The van der Waals surface area contributed by atoms with Crippen LogP contribution in [-0.4, -0.2) is 0 Å². The zero-order valence-electron chi connectivity index (χ0n) is 10.6. The van der Waals surface area contributed by atoms with Gasteiger partial charge in [0.1, 0.15) is 0 Å². The van der Waals surface area contributed by atoms with Crippen LogP contribution in [0.1, 0.15) is 23.6 Å². The first-order valence-electron chi connectivity index (χ1n) is 6.39. The largest absolute Gasteiger partial charge is 0.0877 e. The molecular weight excluding hydrogens is 216 g/mol. The monoisotopic (exact) mass is 232 g/mol. The SMILES string of the molecule is CC=CC=Cc1ccc2c(c1)Cc1ccccc1-2. The Kier molecular flexibility index (Phi) is 2.85. The molecule has 3 rings (SSSR count). The van der Waals surface area contributed by atoms with Gasteiger partial charge in [-0.25, -0.2) is 0 Å². The van der Waals surface area contributed by atoms with Crippen molar-refractivity contribution in [2.45, 2.75) is 13.3 Å². The lowest BCUT2D eigenvalue weighted by Crippen LogP contribution is -1.81.